The maximum absolute atomic E-state index is 14.4. The van der Waals surface area contributed by atoms with Crippen LogP contribution in [-0.2, 0) is 10.0 Å². The van der Waals surface area contributed by atoms with E-state index in [4.69, 9.17) is 0 Å². The van der Waals surface area contributed by atoms with Crippen LogP contribution in [0.1, 0.15) is 12.5 Å². The number of halogens is 1. The molecule has 7 nitrogen and oxygen atoms in total. The van der Waals surface area contributed by atoms with Crippen LogP contribution >= 0.6 is 0 Å². The summed E-state index contributed by atoms with van der Waals surface area (Å²) in [6, 6.07) is 3.59. The van der Waals surface area contributed by atoms with Crippen molar-refractivity contribution in [3.05, 3.63) is 42.0 Å². The summed E-state index contributed by atoms with van der Waals surface area (Å²) in [6.07, 6.45) is 3.20. The Labute approximate surface area is 146 Å². The molecule has 0 unspecified atom stereocenters. The van der Waals surface area contributed by atoms with Gasteiger partial charge in [-0.2, -0.15) is 5.10 Å². The summed E-state index contributed by atoms with van der Waals surface area (Å²) in [5.74, 6) is -0.718. The third-order valence-corrected chi connectivity index (χ3v) is 5.75. The third kappa shape index (κ3) is 4.06. The molecule has 2 rings (SSSR count). The largest absolute Gasteiger partial charge is 0.396 e. The number of aliphatic hydroxyl groups is 2. The number of benzene rings is 1. The minimum absolute atomic E-state index is 0.107. The molecule has 1 aromatic heterocycles. The number of hydrogen-bond acceptors (Lipinski definition) is 5. The standard InChI is InChI=1S/C16H22FN3O4S/c1-12-7-18-20(8-12)15-5-4-13(6-14(15)17)25(23,24)19(3)9-16(2,10-21)11-22/h4-8,21-22H,9-11H2,1-3H3. The van der Waals surface area contributed by atoms with Crippen molar-refractivity contribution in [3.63, 3.8) is 0 Å². The van der Waals surface area contributed by atoms with E-state index >= 15 is 0 Å². The first-order valence-electron chi connectivity index (χ1n) is 7.62. The van der Waals surface area contributed by atoms with Gasteiger partial charge < -0.3 is 10.2 Å². The third-order valence-electron chi connectivity index (χ3n) is 3.95. The minimum Gasteiger partial charge on any atom is -0.396 e. The van der Waals surface area contributed by atoms with Crippen molar-refractivity contribution in [2.75, 3.05) is 26.8 Å². The van der Waals surface area contributed by atoms with Gasteiger partial charge in [0.2, 0.25) is 10.0 Å². The highest BCUT2D eigenvalue weighted by Gasteiger charge is 2.31. The van der Waals surface area contributed by atoms with Crippen molar-refractivity contribution < 1.29 is 23.0 Å². The van der Waals surface area contributed by atoms with Gasteiger partial charge >= 0.3 is 0 Å². The van der Waals surface area contributed by atoms with Gasteiger partial charge in [0.15, 0.2) is 0 Å². The Balaban J connectivity index is 2.32. The molecule has 0 atom stereocenters. The zero-order valence-electron chi connectivity index (χ0n) is 14.3. The molecule has 1 heterocycles. The Morgan fingerprint density at radius 3 is 2.44 bits per heavy atom. The smallest absolute Gasteiger partial charge is 0.242 e. The Bertz CT molecular complexity index is 847. The van der Waals surface area contributed by atoms with Gasteiger partial charge in [0, 0.05) is 25.2 Å². The van der Waals surface area contributed by atoms with E-state index in [0.29, 0.717) is 0 Å². The Morgan fingerprint density at radius 1 is 1.32 bits per heavy atom. The predicted molar refractivity (Wildman–Crippen MR) is 90.4 cm³/mol. The number of hydrogen-bond donors (Lipinski definition) is 2. The monoisotopic (exact) mass is 371 g/mol. The van der Waals surface area contributed by atoms with Crippen molar-refractivity contribution in [1.82, 2.24) is 14.1 Å². The summed E-state index contributed by atoms with van der Waals surface area (Å²) >= 11 is 0. The molecule has 0 aliphatic heterocycles. The van der Waals surface area contributed by atoms with E-state index < -0.39 is 21.3 Å². The van der Waals surface area contributed by atoms with Crippen LogP contribution < -0.4 is 0 Å². The number of nitrogens with zero attached hydrogens (tertiary/aromatic N) is 3. The molecule has 2 aromatic rings. The lowest BCUT2D eigenvalue weighted by Crippen LogP contribution is -2.41. The molecule has 0 fully saturated rings. The molecule has 1 aromatic carbocycles. The first-order chi connectivity index (χ1) is 11.6. The normalized spacial score (nSPS) is 12.8. The number of aromatic nitrogens is 2. The van der Waals surface area contributed by atoms with Gasteiger partial charge in [-0.05, 0) is 30.7 Å². The van der Waals surface area contributed by atoms with Crippen LogP contribution in [0.4, 0.5) is 4.39 Å². The van der Waals surface area contributed by atoms with E-state index in [0.717, 1.165) is 15.9 Å². The van der Waals surface area contributed by atoms with E-state index in [1.165, 1.54) is 23.9 Å². The van der Waals surface area contributed by atoms with Crippen LogP contribution in [0.15, 0.2) is 35.5 Å². The molecule has 138 valence electrons. The van der Waals surface area contributed by atoms with Crippen molar-refractivity contribution in [1.29, 1.82) is 0 Å². The van der Waals surface area contributed by atoms with Crippen molar-refractivity contribution in [2.45, 2.75) is 18.7 Å². The fourth-order valence-electron chi connectivity index (χ4n) is 2.33. The molecule has 0 saturated heterocycles. The van der Waals surface area contributed by atoms with Crippen LogP contribution in [0, 0.1) is 18.2 Å². The summed E-state index contributed by atoms with van der Waals surface area (Å²) in [5.41, 5.74) is 0.000710. The fourth-order valence-corrected chi connectivity index (χ4v) is 3.66. The Morgan fingerprint density at radius 2 is 1.96 bits per heavy atom. The lowest BCUT2D eigenvalue weighted by Gasteiger charge is -2.29. The molecule has 0 aliphatic rings. The van der Waals surface area contributed by atoms with Crippen molar-refractivity contribution in [2.24, 2.45) is 5.41 Å². The molecule has 2 N–H and O–H groups in total. The van der Waals surface area contributed by atoms with Gasteiger partial charge in [-0.25, -0.2) is 21.8 Å². The molecule has 0 spiro atoms. The zero-order valence-corrected chi connectivity index (χ0v) is 15.2. The second-order valence-electron chi connectivity index (χ2n) is 6.46. The second kappa shape index (κ2) is 7.20. The highest BCUT2D eigenvalue weighted by atomic mass is 32.2. The highest BCUT2D eigenvalue weighted by Crippen LogP contribution is 2.24. The Hall–Kier alpha value is -1.81. The molecule has 0 radical (unpaired) electrons. The van der Waals surface area contributed by atoms with Crippen LogP contribution in [0.2, 0.25) is 0 Å². The summed E-state index contributed by atoms with van der Waals surface area (Å²) in [6.45, 7) is 2.51. The number of sulfonamides is 1. The first-order valence-corrected chi connectivity index (χ1v) is 9.06. The van der Waals surface area contributed by atoms with E-state index in [1.54, 1.807) is 19.3 Å². The minimum atomic E-state index is -3.97. The van der Waals surface area contributed by atoms with Gasteiger partial charge in [0.05, 0.1) is 24.3 Å². The molecule has 0 saturated carbocycles. The quantitative estimate of drug-likeness (QED) is 0.755. The van der Waals surface area contributed by atoms with Gasteiger partial charge in [0.1, 0.15) is 11.5 Å². The van der Waals surface area contributed by atoms with E-state index in [2.05, 4.69) is 5.10 Å². The van der Waals surface area contributed by atoms with Crippen molar-refractivity contribution in [3.8, 4) is 5.69 Å². The summed E-state index contributed by atoms with van der Waals surface area (Å²) in [7, 11) is -2.65. The van der Waals surface area contributed by atoms with E-state index in [-0.39, 0.29) is 30.3 Å². The first kappa shape index (κ1) is 19.5. The Kier molecular flexibility index (Phi) is 5.62. The number of aryl methyl sites for hydroxylation is 1. The van der Waals surface area contributed by atoms with Crippen LogP contribution in [0.3, 0.4) is 0 Å². The van der Waals surface area contributed by atoms with Crippen LogP contribution in [0.5, 0.6) is 0 Å². The molecular weight excluding hydrogens is 349 g/mol. The van der Waals surface area contributed by atoms with Crippen LogP contribution in [-0.4, -0.2) is 59.5 Å². The molecule has 0 amide bonds. The lowest BCUT2D eigenvalue weighted by molar-refractivity contribution is 0.0577. The lowest BCUT2D eigenvalue weighted by atomic mass is 9.93. The SMILES string of the molecule is Cc1cnn(-c2ccc(S(=O)(=O)N(C)CC(C)(CO)CO)cc2F)c1. The van der Waals surface area contributed by atoms with Gasteiger partial charge in [-0.15, -0.1) is 0 Å². The van der Waals surface area contributed by atoms with E-state index in [1.807, 2.05) is 6.92 Å². The maximum atomic E-state index is 14.4. The average molecular weight is 371 g/mol. The highest BCUT2D eigenvalue weighted by molar-refractivity contribution is 7.89. The summed E-state index contributed by atoms with van der Waals surface area (Å²) < 4.78 is 41.9. The van der Waals surface area contributed by atoms with Gasteiger partial charge in [-0.3, -0.25) is 0 Å². The molecule has 0 aliphatic carbocycles. The molecular formula is C16H22FN3O4S. The van der Waals surface area contributed by atoms with Gasteiger partial charge in [-0.1, -0.05) is 6.92 Å². The van der Waals surface area contributed by atoms with Crippen LogP contribution in [0.25, 0.3) is 5.69 Å². The molecule has 25 heavy (non-hydrogen) atoms. The molecule has 9 heteroatoms. The average Bonchev–Trinajstić information content (AvgIpc) is 3.00. The predicted octanol–water partition coefficient (Wildman–Crippen LogP) is 0.931. The number of rotatable bonds is 7. The maximum Gasteiger partial charge on any atom is 0.242 e. The summed E-state index contributed by atoms with van der Waals surface area (Å²) in [5, 5.41) is 22.7. The summed E-state index contributed by atoms with van der Waals surface area (Å²) in [4.78, 5) is -0.210. The fraction of sp³-hybridized carbons (Fsp3) is 0.438. The van der Waals surface area contributed by atoms with Crippen molar-refractivity contribution >= 4 is 10.0 Å². The zero-order chi connectivity index (χ0) is 18.8. The molecule has 0 bridgehead atoms. The van der Waals surface area contributed by atoms with E-state index in [9.17, 15) is 23.0 Å². The topological polar surface area (TPSA) is 95.7 Å². The second-order valence-corrected chi connectivity index (χ2v) is 8.51. The van der Waals surface area contributed by atoms with Gasteiger partial charge in [0.25, 0.3) is 0 Å². The number of aliphatic hydroxyl groups excluding tert-OH is 2.